The molecule has 0 aliphatic carbocycles. The average Bonchev–Trinajstić information content (AvgIpc) is 2.48. The van der Waals surface area contributed by atoms with Crippen LogP contribution in [-0.2, 0) is 0 Å². The van der Waals surface area contributed by atoms with Crippen molar-refractivity contribution in [1.29, 1.82) is 0 Å². The quantitative estimate of drug-likeness (QED) is 0.907. The Labute approximate surface area is 132 Å². The summed E-state index contributed by atoms with van der Waals surface area (Å²) in [6.07, 6.45) is 0. The van der Waals surface area contributed by atoms with Crippen LogP contribution in [0, 0.1) is 0 Å². The van der Waals surface area contributed by atoms with Gasteiger partial charge in [-0.1, -0.05) is 32.0 Å². The molecule has 0 aliphatic heterocycles. The largest absolute Gasteiger partial charge is 0.508 e. The van der Waals surface area contributed by atoms with Crippen LogP contribution in [-0.4, -0.2) is 54.2 Å². The van der Waals surface area contributed by atoms with Crippen molar-refractivity contribution in [1.82, 2.24) is 9.80 Å². The Morgan fingerprint density at radius 2 is 1.24 bits per heavy atom. The van der Waals surface area contributed by atoms with Crippen molar-refractivity contribution < 1.29 is 5.11 Å². The van der Waals surface area contributed by atoms with Gasteiger partial charge in [-0.05, 0) is 61.0 Å². The van der Waals surface area contributed by atoms with Crippen LogP contribution in [0.4, 0.5) is 0 Å². The number of phenolic OH excluding ortho intramolecular Hbond substituents is 1. The molecule has 3 heteroatoms. The zero-order valence-corrected chi connectivity index (χ0v) is 15.5. The van der Waals surface area contributed by atoms with Crippen LogP contribution >= 0.6 is 0 Å². The maximum atomic E-state index is 8.63. The zero-order chi connectivity index (χ0) is 17.0. The molecule has 0 aromatic heterocycles. The van der Waals surface area contributed by atoms with Crippen LogP contribution in [0.15, 0.2) is 30.3 Å². The summed E-state index contributed by atoms with van der Waals surface area (Å²) in [6, 6.07) is 10.6. The van der Waals surface area contributed by atoms with Crippen molar-refractivity contribution in [3.05, 3.63) is 30.3 Å². The van der Waals surface area contributed by atoms with E-state index >= 15 is 0 Å². The molecule has 0 amide bonds. The molecule has 0 spiro atoms. The van der Waals surface area contributed by atoms with E-state index in [-0.39, 0.29) is 0 Å². The fraction of sp³-hybridized carbons (Fsp3) is 0.667. The molecule has 21 heavy (non-hydrogen) atoms. The van der Waals surface area contributed by atoms with Crippen molar-refractivity contribution in [3.63, 3.8) is 0 Å². The second-order valence-corrected chi connectivity index (χ2v) is 5.54. The third-order valence-corrected chi connectivity index (χ3v) is 3.73. The molecule has 2 atom stereocenters. The highest BCUT2D eigenvalue weighted by atomic mass is 16.3. The van der Waals surface area contributed by atoms with Crippen molar-refractivity contribution in [2.75, 3.05) is 21.1 Å². The molecule has 0 saturated heterocycles. The Morgan fingerprint density at radius 3 is 1.48 bits per heavy atom. The number of nitrogens with zero attached hydrogens (tertiary/aromatic N) is 2. The van der Waals surface area contributed by atoms with Crippen LogP contribution in [0.3, 0.4) is 0 Å². The first-order valence-electron chi connectivity index (χ1n) is 7.89. The van der Waals surface area contributed by atoms with Crippen LogP contribution in [0.2, 0.25) is 0 Å². The smallest absolute Gasteiger partial charge is 0.115 e. The third kappa shape index (κ3) is 10.3. The second kappa shape index (κ2) is 12.7. The fourth-order valence-electron chi connectivity index (χ4n) is 1.67. The summed E-state index contributed by atoms with van der Waals surface area (Å²) in [5.74, 6) is 0.322. The Bertz CT molecular complexity index is 311. The summed E-state index contributed by atoms with van der Waals surface area (Å²) in [5, 5.41) is 8.63. The van der Waals surface area contributed by atoms with Crippen molar-refractivity contribution in [3.8, 4) is 5.75 Å². The Balaban J connectivity index is 0. The third-order valence-electron chi connectivity index (χ3n) is 3.73. The number of hydrogen-bond donors (Lipinski definition) is 1. The van der Waals surface area contributed by atoms with Crippen LogP contribution in [0.5, 0.6) is 5.75 Å². The fourth-order valence-corrected chi connectivity index (χ4v) is 1.67. The molecule has 0 saturated carbocycles. The molecule has 1 aromatic rings. The van der Waals surface area contributed by atoms with E-state index in [2.05, 4.69) is 58.6 Å². The molecule has 0 heterocycles. The number of phenols is 1. The van der Waals surface area contributed by atoms with Crippen molar-refractivity contribution in [2.45, 2.75) is 59.7 Å². The summed E-state index contributed by atoms with van der Waals surface area (Å²) in [5.41, 5.74) is 0. The average molecular weight is 296 g/mol. The minimum absolute atomic E-state index is 0.322. The van der Waals surface area contributed by atoms with Gasteiger partial charge in [0.15, 0.2) is 0 Å². The van der Waals surface area contributed by atoms with E-state index in [1.807, 2.05) is 19.9 Å². The molecule has 0 bridgehead atoms. The first-order valence-corrected chi connectivity index (χ1v) is 7.89. The van der Waals surface area contributed by atoms with E-state index in [1.54, 1.807) is 24.3 Å². The monoisotopic (exact) mass is 296 g/mol. The first kappa shape index (κ1) is 22.2. The molecular formula is C18H36N2O. The lowest BCUT2D eigenvalue weighted by Gasteiger charge is -2.35. The van der Waals surface area contributed by atoms with E-state index in [4.69, 9.17) is 5.11 Å². The summed E-state index contributed by atoms with van der Waals surface area (Å²) < 4.78 is 0. The number of likely N-dealkylation sites (N-methyl/N-ethyl adjacent to an activating group) is 2. The molecule has 3 nitrogen and oxygen atoms in total. The molecule has 0 aliphatic rings. The maximum Gasteiger partial charge on any atom is 0.115 e. The number of aromatic hydroxyl groups is 1. The molecule has 0 fully saturated rings. The highest BCUT2D eigenvalue weighted by Crippen LogP contribution is 2.09. The van der Waals surface area contributed by atoms with Gasteiger partial charge in [0.1, 0.15) is 5.75 Å². The Kier molecular flexibility index (Phi) is 13.4. The SMILES string of the molecule is CC.CC(C(C)N(C)C(C)C)N(C)C.Oc1ccccc1. The molecule has 124 valence electrons. The lowest BCUT2D eigenvalue weighted by atomic mass is 10.1. The Morgan fingerprint density at radius 1 is 0.810 bits per heavy atom. The predicted octanol–water partition coefficient (Wildman–Crippen LogP) is 4.08. The summed E-state index contributed by atoms with van der Waals surface area (Å²) in [7, 11) is 6.46. The Hall–Kier alpha value is -1.06. The van der Waals surface area contributed by atoms with E-state index in [0.29, 0.717) is 23.9 Å². The van der Waals surface area contributed by atoms with Gasteiger partial charge in [-0.3, -0.25) is 4.90 Å². The lowest BCUT2D eigenvalue weighted by molar-refractivity contribution is 0.126. The van der Waals surface area contributed by atoms with E-state index in [1.165, 1.54) is 0 Å². The number of hydrogen-bond acceptors (Lipinski definition) is 3. The number of benzene rings is 1. The van der Waals surface area contributed by atoms with Gasteiger partial charge in [0.05, 0.1) is 0 Å². The minimum atomic E-state index is 0.322. The highest BCUT2D eigenvalue weighted by Gasteiger charge is 2.19. The normalized spacial score (nSPS) is 13.1. The summed E-state index contributed by atoms with van der Waals surface area (Å²) >= 11 is 0. The summed E-state index contributed by atoms with van der Waals surface area (Å²) in [6.45, 7) is 13.0. The van der Waals surface area contributed by atoms with Gasteiger partial charge < -0.3 is 10.0 Å². The summed E-state index contributed by atoms with van der Waals surface area (Å²) in [4.78, 5) is 4.67. The number of rotatable bonds is 4. The molecule has 1 rings (SSSR count). The molecule has 2 unspecified atom stereocenters. The van der Waals surface area contributed by atoms with Gasteiger partial charge in [-0.2, -0.15) is 0 Å². The molecule has 0 radical (unpaired) electrons. The van der Waals surface area contributed by atoms with Crippen molar-refractivity contribution in [2.24, 2.45) is 0 Å². The molecular weight excluding hydrogens is 260 g/mol. The standard InChI is InChI=1S/C10H24N2.C6H6O.C2H6/c1-8(2)12(7)10(4)9(3)11(5)6;7-6-4-2-1-3-5-6;1-2/h8-10H,1-7H3;1-5,7H;1-2H3. The van der Waals surface area contributed by atoms with Gasteiger partial charge in [0.25, 0.3) is 0 Å². The highest BCUT2D eigenvalue weighted by molar-refractivity contribution is 5.18. The van der Waals surface area contributed by atoms with Crippen molar-refractivity contribution >= 4 is 0 Å². The molecule has 1 aromatic carbocycles. The first-order chi connectivity index (χ1) is 9.77. The van der Waals surface area contributed by atoms with E-state index in [9.17, 15) is 0 Å². The van der Waals surface area contributed by atoms with Gasteiger partial charge in [-0.25, -0.2) is 0 Å². The molecule has 1 N–H and O–H groups in total. The number of para-hydroxylation sites is 1. The van der Waals surface area contributed by atoms with Crippen LogP contribution in [0.25, 0.3) is 0 Å². The minimum Gasteiger partial charge on any atom is -0.508 e. The predicted molar refractivity (Wildman–Crippen MR) is 95.0 cm³/mol. The van der Waals surface area contributed by atoms with Gasteiger partial charge in [-0.15, -0.1) is 0 Å². The lowest BCUT2D eigenvalue weighted by Crippen LogP contribution is -2.47. The van der Waals surface area contributed by atoms with E-state index in [0.717, 1.165) is 0 Å². The van der Waals surface area contributed by atoms with Gasteiger partial charge in [0.2, 0.25) is 0 Å². The van der Waals surface area contributed by atoms with E-state index < -0.39 is 0 Å². The van der Waals surface area contributed by atoms with Gasteiger partial charge in [0, 0.05) is 18.1 Å². The van der Waals surface area contributed by atoms with Crippen LogP contribution < -0.4 is 0 Å². The topological polar surface area (TPSA) is 26.7 Å². The maximum absolute atomic E-state index is 8.63. The second-order valence-electron chi connectivity index (χ2n) is 5.54. The zero-order valence-electron chi connectivity index (χ0n) is 15.5. The van der Waals surface area contributed by atoms with Gasteiger partial charge >= 0.3 is 0 Å². The van der Waals surface area contributed by atoms with Crippen LogP contribution in [0.1, 0.15) is 41.5 Å².